The van der Waals surface area contributed by atoms with Gasteiger partial charge >= 0.3 is 0 Å². The number of rotatable bonds is 3. The number of carbonyl (C=O) groups is 1. The lowest BCUT2D eigenvalue weighted by Gasteiger charge is -2.02. The molecule has 0 saturated heterocycles. The minimum absolute atomic E-state index is 0.0194. The Kier molecular flexibility index (Phi) is 3.49. The van der Waals surface area contributed by atoms with Crippen molar-refractivity contribution in [3.8, 4) is 0 Å². The molecule has 0 bridgehead atoms. The maximum atomic E-state index is 12.1. The van der Waals surface area contributed by atoms with Gasteiger partial charge in [-0.1, -0.05) is 11.6 Å². The highest BCUT2D eigenvalue weighted by molar-refractivity contribution is 6.31. The first-order chi connectivity index (χ1) is 10.2. The minimum atomic E-state index is -0.444. The number of fused-ring (bicyclic) bond motifs is 1. The number of benzene rings is 1. The Morgan fingerprint density at radius 3 is 2.95 bits per heavy atom. The molecule has 0 aliphatic rings. The van der Waals surface area contributed by atoms with Gasteiger partial charge in [-0.2, -0.15) is 5.10 Å². The first-order valence-electron chi connectivity index (χ1n) is 6.29. The lowest BCUT2D eigenvalue weighted by atomic mass is 10.3. The van der Waals surface area contributed by atoms with E-state index in [4.69, 9.17) is 11.6 Å². The van der Waals surface area contributed by atoms with Crippen LogP contribution in [0.3, 0.4) is 0 Å². The van der Waals surface area contributed by atoms with Crippen molar-refractivity contribution >= 4 is 34.2 Å². The van der Waals surface area contributed by atoms with E-state index < -0.39 is 5.91 Å². The smallest absolute Gasteiger partial charge is 0.295 e. The molecule has 0 unspecified atom stereocenters. The van der Waals surface area contributed by atoms with Crippen LogP contribution < -0.4 is 5.32 Å². The van der Waals surface area contributed by atoms with Crippen LogP contribution in [0.15, 0.2) is 30.6 Å². The van der Waals surface area contributed by atoms with Gasteiger partial charge in [0.15, 0.2) is 0 Å². The Bertz CT molecular complexity index is 815. The number of halogens is 1. The maximum Gasteiger partial charge on any atom is 0.295 e. The van der Waals surface area contributed by atoms with Crippen molar-refractivity contribution in [3.05, 3.63) is 41.4 Å². The van der Waals surface area contributed by atoms with Crippen LogP contribution in [0.25, 0.3) is 11.0 Å². The van der Waals surface area contributed by atoms with E-state index in [1.807, 2.05) is 6.92 Å². The molecule has 21 heavy (non-hydrogen) atoms. The van der Waals surface area contributed by atoms with E-state index in [0.29, 0.717) is 21.7 Å². The monoisotopic (exact) mass is 302 g/mol. The molecule has 8 heteroatoms. The molecule has 0 spiro atoms. The van der Waals surface area contributed by atoms with Crippen molar-refractivity contribution in [1.29, 1.82) is 0 Å². The molecule has 0 saturated carbocycles. The zero-order chi connectivity index (χ0) is 14.8. The fourth-order valence-electron chi connectivity index (χ4n) is 1.79. The normalized spacial score (nSPS) is 10.8. The number of nitrogens with zero attached hydrogens (tertiary/aromatic N) is 5. The van der Waals surface area contributed by atoms with Crippen molar-refractivity contribution in [2.24, 2.45) is 0 Å². The van der Waals surface area contributed by atoms with Gasteiger partial charge in [0.25, 0.3) is 5.91 Å². The summed E-state index contributed by atoms with van der Waals surface area (Å²) in [6.45, 7) is 2.68. The summed E-state index contributed by atoms with van der Waals surface area (Å²) in [7, 11) is 0. The van der Waals surface area contributed by atoms with E-state index in [2.05, 4.69) is 25.6 Å². The molecule has 3 rings (SSSR count). The summed E-state index contributed by atoms with van der Waals surface area (Å²) in [6.07, 6.45) is 3.29. The molecule has 106 valence electrons. The molecule has 0 radical (unpaired) electrons. The van der Waals surface area contributed by atoms with E-state index in [1.165, 1.54) is 0 Å². The van der Waals surface area contributed by atoms with Crippen LogP contribution in [-0.4, -0.2) is 30.9 Å². The van der Waals surface area contributed by atoms with Crippen LogP contribution in [0.1, 0.15) is 17.5 Å². The highest BCUT2D eigenvalue weighted by Crippen LogP contribution is 2.15. The molecule has 1 N–H and O–H groups in total. The van der Waals surface area contributed by atoms with Gasteiger partial charge in [0, 0.05) is 17.8 Å². The molecular weight excluding hydrogens is 292 g/mol. The third kappa shape index (κ3) is 2.82. The second-order valence-electron chi connectivity index (χ2n) is 4.31. The topological polar surface area (TPSA) is 85.6 Å². The SMILES string of the molecule is CCn1cc(NC(=O)c2nnc3ccc(Cl)cc3n2)cn1. The predicted octanol–water partition coefficient (Wildman–Crippen LogP) is 2.15. The number of amides is 1. The summed E-state index contributed by atoms with van der Waals surface area (Å²) in [5.41, 5.74) is 1.68. The summed E-state index contributed by atoms with van der Waals surface area (Å²) >= 11 is 5.90. The zero-order valence-corrected chi connectivity index (χ0v) is 11.9. The fourth-order valence-corrected chi connectivity index (χ4v) is 1.96. The van der Waals surface area contributed by atoms with Crippen molar-refractivity contribution in [2.75, 3.05) is 5.32 Å². The second kappa shape index (κ2) is 5.45. The molecule has 0 aliphatic heterocycles. The third-order valence-electron chi connectivity index (χ3n) is 2.83. The van der Waals surface area contributed by atoms with Crippen LogP contribution in [0.5, 0.6) is 0 Å². The van der Waals surface area contributed by atoms with Gasteiger partial charge < -0.3 is 5.32 Å². The van der Waals surface area contributed by atoms with Crippen LogP contribution in [-0.2, 0) is 6.54 Å². The van der Waals surface area contributed by atoms with E-state index >= 15 is 0 Å². The van der Waals surface area contributed by atoms with Crippen molar-refractivity contribution in [1.82, 2.24) is 25.0 Å². The van der Waals surface area contributed by atoms with Crippen LogP contribution in [0.2, 0.25) is 5.02 Å². The standard InChI is InChI=1S/C13H11ClN6O/c1-2-20-7-9(6-15-20)16-13(21)12-17-11-5-8(14)3-4-10(11)18-19-12/h3-7H,2H2,1H3,(H,16,21). The Hall–Kier alpha value is -2.54. The Balaban J connectivity index is 1.86. The molecule has 1 amide bonds. The Labute approximate surface area is 125 Å². The van der Waals surface area contributed by atoms with Gasteiger partial charge in [-0.15, -0.1) is 10.2 Å². The quantitative estimate of drug-likeness (QED) is 0.801. The molecule has 3 aromatic rings. The Morgan fingerprint density at radius 2 is 2.19 bits per heavy atom. The summed E-state index contributed by atoms with van der Waals surface area (Å²) < 4.78 is 1.70. The third-order valence-corrected chi connectivity index (χ3v) is 3.07. The van der Waals surface area contributed by atoms with Gasteiger partial charge in [-0.05, 0) is 25.1 Å². The molecule has 1 aromatic carbocycles. The number of aryl methyl sites for hydroxylation is 1. The number of nitrogens with one attached hydrogen (secondary N) is 1. The van der Waals surface area contributed by atoms with Crippen LogP contribution in [0.4, 0.5) is 5.69 Å². The van der Waals surface area contributed by atoms with Gasteiger partial charge in [-0.3, -0.25) is 9.48 Å². The van der Waals surface area contributed by atoms with Gasteiger partial charge in [0.1, 0.15) is 5.52 Å². The number of hydrogen-bond acceptors (Lipinski definition) is 5. The molecule has 7 nitrogen and oxygen atoms in total. The summed E-state index contributed by atoms with van der Waals surface area (Å²) in [6, 6.07) is 5.03. The molecular formula is C13H11ClN6O. The lowest BCUT2D eigenvalue weighted by molar-refractivity contribution is 0.101. The van der Waals surface area contributed by atoms with E-state index in [-0.39, 0.29) is 5.82 Å². The van der Waals surface area contributed by atoms with E-state index in [9.17, 15) is 4.79 Å². The van der Waals surface area contributed by atoms with Crippen molar-refractivity contribution in [3.63, 3.8) is 0 Å². The minimum Gasteiger partial charge on any atom is -0.316 e. The molecule has 2 heterocycles. The summed E-state index contributed by atoms with van der Waals surface area (Å²) in [5.74, 6) is -0.464. The highest BCUT2D eigenvalue weighted by Gasteiger charge is 2.12. The largest absolute Gasteiger partial charge is 0.316 e. The zero-order valence-electron chi connectivity index (χ0n) is 11.1. The van der Waals surface area contributed by atoms with E-state index in [1.54, 1.807) is 35.3 Å². The number of hydrogen-bond donors (Lipinski definition) is 1. The van der Waals surface area contributed by atoms with Crippen molar-refractivity contribution in [2.45, 2.75) is 13.5 Å². The maximum absolute atomic E-state index is 12.1. The number of aromatic nitrogens is 5. The molecule has 0 aliphatic carbocycles. The lowest BCUT2D eigenvalue weighted by Crippen LogP contribution is -2.16. The average Bonchev–Trinajstić information content (AvgIpc) is 2.94. The molecule has 0 atom stereocenters. The second-order valence-corrected chi connectivity index (χ2v) is 4.74. The number of carbonyl (C=O) groups excluding carboxylic acids is 1. The molecule has 2 aromatic heterocycles. The fraction of sp³-hybridized carbons (Fsp3) is 0.154. The van der Waals surface area contributed by atoms with Gasteiger partial charge in [0.2, 0.25) is 5.82 Å². The summed E-state index contributed by atoms with van der Waals surface area (Å²) in [5, 5.41) is 15.0. The molecule has 0 fully saturated rings. The highest BCUT2D eigenvalue weighted by atomic mass is 35.5. The summed E-state index contributed by atoms with van der Waals surface area (Å²) in [4.78, 5) is 16.3. The van der Waals surface area contributed by atoms with Gasteiger partial charge in [-0.25, -0.2) is 4.98 Å². The van der Waals surface area contributed by atoms with Crippen molar-refractivity contribution < 1.29 is 4.79 Å². The number of anilines is 1. The van der Waals surface area contributed by atoms with E-state index in [0.717, 1.165) is 6.54 Å². The van der Waals surface area contributed by atoms with Crippen LogP contribution >= 0.6 is 11.6 Å². The predicted molar refractivity (Wildman–Crippen MR) is 78.2 cm³/mol. The average molecular weight is 303 g/mol. The Morgan fingerprint density at radius 1 is 1.33 bits per heavy atom. The first kappa shape index (κ1) is 13.4. The van der Waals surface area contributed by atoms with Gasteiger partial charge in [0.05, 0.1) is 17.4 Å². The first-order valence-corrected chi connectivity index (χ1v) is 6.67. The van der Waals surface area contributed by atoms with Crippen LogP contribution in [0, 0.1) is 0 Å².